The maximum atomic E-state index is 12.8. The standard InChI is InChI=1S/C20H20N2O2S/c1-14-9-12-25-19(14)15-5-2-6-16(13-15)21-20(23)22-10-3-7-17(22)18-8-4-11-24-18/h2,4-6,8-9,11-13,17H,3,7,10H2,1H3,(H,21,23). The summed E-state index contributed by atoms with van der Waals surface area (Å²) < 4.78 is 5.51. The third-order valence-corrected chi connectivity index (χ3v) is 5.69. The van der Waals surface area contributed by atoms with Gasteiger partial charge in [0.25, 0.3) is 0 Å². The Morgan fingerprint density at radius 3 is 2.96 bits per heavy atom. The van der Waals surface area contributed by atoms with Crippen LogP contribution in [0.3, 0.4) is 0 Å². The highest BCUT2D eigenvalue weighted by molar-refractivity contribution is 7.13. The number of thiophene rings is 1. The van der Waals surface area contributed by atoms with E-state index in [0.717, 1.165) is 36.4 Å². The van der Waals surface area contributed by atoms with Gasteiger partial charge < -0.3 is 14.6 Å². The van der Waals surface area contributed by atoms with Crippen LogP contribution in [0.15, 0.2) is 58.5 Å². The molecule has 1 fully saturated rings. The van der Waals surface area contributed by atoms with Crippen LogP contribution in [0.1, 0.15) is 30.2 Å². The molecule has 3 aromatic rings. The smallest absolute Gasteiger partial charge is 0.322 e. The molecule has 1 atom stereocenters. The summed E-state index contributed by atoms with van der Waals surface area (Å²) in [5, 5.41) is 5.14. The van der Waals surface area contributed by atoms with Crippen LogP contribution in [0, 0.1) is 6.92 Å². The number of benzene rings is 1. The SMILES string of the molecule is Cc1ccsc1-c1cccc(NC(=O)N2CCCC2c2ccco2)c1. The highest BCUT2D eigenvalue weighted by atomic mass is 32.1. The van der Waals surface area contributed by atoms with Crippen molar-refractivity contribution in [3.63, 3.8) is 0 Å². The Hall–Kier alpha value is -2.53. The Morgan fingerprint density at radius 1 is 1.28 bits per heavy atom. The number of carbonyl (C=O) groups is 1. The first-order valence-electron chi connectivity index (χ1n) is 8.48. The molecule has 1 aromatic carbocycles. The second-order valence-electron chi connectivity index (χ2n) is 6.31. The molecule has 128 valence electrons. The number of rotatable bonds is 3. The number of aryl methyl sites for hydroxylation is 1. The number of furan rings is 1. The summed E-state index contributed by atoms with van der Waals surface area (Å²) in [5.74, 6) is 0.857. The third-order valence-electron chi connectivity index (χ3n) is 4.62. The minimum absolute atomic E-state index is 0.0257. The van der Waals surface area contributed by atoms with E-state index in [9.17, 15) is 4.79 Å². The van der Waals surface area contributed by atoms with Gasteiger partial charge in [0.15, 0.2) is 0 Å². The van der Waals surface area contributed by atoms with E-state index in [1.807, 2.05) is 35.2 Å². The summed E-state index contributed by atoms with van der Waals surface area (Å²) in [4.78, 5) is 15.9. The quantitative estimate of drug-likeness (QED) is 0.658. The zero-order chi connectivity index (χ0) is 17.2. The van der Waals surface area contributed by atoms with Gasteiger partial charge in [-0.2, -0.15) is 0 Å². The van der Waals surface area contributed by atoms with Gasteiger partial charge in [-0.05, 0) is 66.6 Å². The number of hydrogen-bond acceptors (Lipinski definition) is 3. The molecule has 1 N–H and O–H groups in total. The van der Waals surface area contributed by atoms with Crippen molar-refractivity contribution >= 4 is 23.1 Å². The fraction of sp³-hybridized carbons (Fsp3) is 0.250. The lowest BCUT2D eigenvalue weighted by Gasteiger charge is -2.23. The summed E-state index contributed by atoms with van der Waals surface area (Å²) in [6.07, 6.45) is 3.60. The van der Waals surface area contributed by atoms with Crippen LogP contribution in [0.25, 0.3) is 10.4 Å². The van der Waals surface area contributed by atoms with Gasteiger partial charge in [-0.3, -0.25) is 0 Å². The minimum Gasteiger partial charge on any atom is -0.467 e. The lowest BCUT2D eigenvalue weighted by Crippen LogP contribution is -2.34. The van der Waals surface area contributed by atoms with E-state index in [2.05, 4.69) is 29.8 Å². The fourth-order valence-electron chi connectivity index (χ4n) is 3.39. The van der Waals surface area contributed by atoms with Gasteiger partial charge in [-0.25, -0.2) is 4.79 Å². The molecule has 0 radical (unpaired) electrons. The van der Waals surface area contributed by atoms with Crippen LogP contribution < -0.4 is 5.32 Å². The highest BCUT2D eigenvalue weighted by Gasteiger charge is 2.31. The molecule has 1 unspecified atom stereocenters. The molecule has 0 spiro atoms. The number of amides is 2. The van der Waals surface area contributed by atoms with E-state index >= 15 is 0 Å². The molecule has 5 heteroatoms. The second kappa shape index (κ2) is 6.76. The van der Waals surface area contributed by atoms with Gasteiger partial charge >= 0.3 is 6.03 Å². The van der Waals surface area contributed by atoms with Crippen LogP contribution in [-0.2, 0) is 0 Å². The molecule has 2 amide bonds. The molecule has 1 saturated heterocycles. The Kier molecular flexibility index (Phi) is 4.32. The predicted molar refractivity (Wildman–Crippen MR) is 101 cm³/mol. The Morgan fingerprint density at radius 2 is 2.20 bits per heavy atom. The molecule has 0 saturated carbocycles. The molecule has 2 aromatic heterocycles. The summed E-state index contributed by atoms with van der Waals surface area (Å²) in [6.45, 7) is 2.86. The number of carbonyl (C=O) groups excluding carboxylic acids is 1. The maximum absolute atomic E-state index is 12.8. The van der Waals surface area contributed by atoms with E-state index in [-0.39, 0.29) is 12.1 Å². The molecular formula is C20H20N2O2S. The first-order chi connectivity index (χ1) is 12.2. The van der Waals surface area contributed by atoms with Crippen LogP contribution in [0.5, 0.6) is 0 Å². The van der Waals surface area contributed by atoms with Crippen molar-refractivity contribution in [2.24, 2.45) is 0 Å². The molecule has 3 heterocycles. The van der Waals surface area contributed by atoms with E-state index in [1.54, 1.807) is 17.6 Å². The normalized spacial score (nSPS) is 17.0. The molecule has 1 aliphatic heterocycles. The van der Waals surface area contributed by atoms with Crippen molar-refractivity contribution < 1.29 is 9.21 Å². The molecule has 25 heavy (non-hydrogen) atoms. The average molecular weight is 352 g/mol. The lowest BCUT2D eigenvalue weighted by molar-refractivity contribution is 0.200. The summed E-state index contributed by atoms with van der Waals surface area (Å²) in [6, 6.07) is 13.9. The van der Waals surface area contributed by atoms with Gasteiger partial charge in [0, 0.05) is 17.1 Å². The molecule has 1 aliphatic rings. The van der Waals surface area contributed by atoms with Gasteiger partial charge in [-0.1, -0.05) is 12.1 Å². The monoisotopic (exact) mass is 352 g/mol. The van der Waals surface area contributed by atoms with Gasteiger partial charge in [-0.15, -0.1) is 11.3 Å². The van der Waals surface area contributed by atoms with Gasteiger partial charge in [0.1, 0.15) is 5.76 Å². The first kappa shape index (κ1) is 16.0. The van der Waals surface area contributed by atoms with Crippen molar-refractivity contribution in [1.29, 1.82) is 0 Å². The van der Waals surface area contributed by atoms with Crippen LogP contribution in [0.4, 0.5) is 10.5 Å². The van der Waals surface area contributed by atoms with Crippen molar-refractivity contribution in [1.82, 2.24) is 4.90 Å². The zero-order valence-corrected chi connectivity index (χ0v) is 14.9. The number of nitrogens with one attached hydrogen (secondary N) is 1. The van der Waals surface area contributed by atoms with Crippen molar-refractivity contribution in [3.8, 4) is 10.4 Å². The van der Waals surface area contributed by atoms with Crippen LogP contribution in [-0.4, -0.2) is 17.5 Å². The van der Waals surface area contributed by atoms with Crippen molar-refractivity contribution in [2.75, 3.05) is 11.9 Å². The maximum Gasteiger partial charge on any atom is 0.322 e. The number of likely N-dealkylation sites (tertiary alicyclic amines) is 1. The topological polar surface area (TPSA) is 45.5 Å². The first-order valence-corrected chi connectivity index (χ1v) is 9.36. The molecule has 0 bridgehead atoms. The van der Waals surface area contributed by atoms with E-state index in [0.29, 0.717) is 0 Å². The number of anilines is 1. The van der Waals surface area contributed by atoms with E-state index in [1.165, 1.54) is 10.4 Å². The summed E-state index contributed by atoms with van der Waals surface area (Å²) in [5.41, 5.74) is 3.21. The van der Waals surface area contributed by atoms with Gasteiger partial charge in [0.2, 0.25) is 0 Å². The Balaban J connectivity index is 1.52. The fourth-order valence-corrected chi connectivity index (χ4v) is 4.31. The van der Waals surface area contributed by atoms with Gasteiger partial charge in [0.05, 0.1) is 12.3 Å². The highest BCUT2D eigenvalue weighted by Crippen LogP contribution is 2.33. The average Bonchev–Trinajstić information content (AvgIpc) is 3.36. The van der Waals surface area contributed by atoms with E-state index in [4.69, 9.17) is 4.42 Å². The van der Waals surface area contributed by atoms with Crippen molar-refractivity contribution in [2.45, 2.75) is 25.8 Å². The minimum atomic E-state index is -0.0704. The van der Waals surface area contributed by atoms with Crippen LogP contribution >= 0.6 is 11.3 Å². The largest absolute Gasteiger partial charge is 0.467 e. The molecule has 4 rings (SSSR count). The van der Waals surface area contributed by atoms with Crippen LogP contribution in [0.2, 0.25) is 0 Å². The summed E-state index contributed by atoms with van der Waals surface area (Å²) in [7, 11) is 0. The van der Waals surface area contributed by atoms with E-state index < -0.39 is 0 Å². The zero-order valence-electron chi connectivity index (χ0n) is 14.1. The number of nitrogens with zero attached hydrogens (tertiary/aromatic N) is 1. The molecule has 4 nitrogen and oxygen atoms in total. The Bertz CT molecular complexity index is 869. The number of urea groups is 1. The predicted octanol–water partition coefficient (Wildman–Crippen LogP) is 5.69. The Labute approximate surface area is 151 Å². The number of hydrogen-bond donors (Lipinski definition) is 1. The summed E-state index contributed by atoms with van der Waals surface area (Å²) >= 11 is 1.72. The molecule has 0 aliphatic carbocycles. The second-order valence-corrected chi connectivity index (χ2v) is 7.23. The van der Waals surface area contributed by atoms with Crippen molar-refractivity contribution in [3.05, 3.63) is 65.4 Å². The third kappa shape index (κ3) is 3.20. The molecular weight excluding hydrogens is 332 g/mol. The lowest BCUT2D eigenvalue weighted by atomic mass is 10.1.